The van der Waals surface area contributed by atoms with E-state index in [4.69, 9.17) is 15.2 Å². The smallest absolute Gasteiger partial charge is 0.318 e. The number of hydrogen-bond acceptors (Lipinski definition) is 5. The van der Waals surface area contributed by atoms with E-state index in [-0.39, 0.29) is 0 Å². The molecule has 1 aliphatic rings. The van der Waals surface area contributed by atoms with Crippen LogP contribution in [-0.4, -0.2) is 37.1 Å². The Labute approximate surface area is 151 Å². The van der Waals surface area contributed by atoms with E-state index in [9.17, 15) is 9.59 Å². The largest absolute Gasteiger partial charge is 0.486 e. The van der Waals surface area contributed by atoms with Crippen molar-refractivity contribution in [2.75, 3.05) is 20.3 Å². The van der Waals surface area contributed by atoms with Crippen molar-refractivity contribution in [2.24, 2.45) is 5.73 Å². The van der Waals surface area contributed by atoms with E-state index in [0.717, 1.165) is 11.1 Å². The van der Waals surface area contributed by atoms with Crippen LogP contribution < -0.4 is 20.5 Å². The summed E-state index contributed by atoms with van der Waals surface area (Å²) >= 11 is 0. The number of nitrogens with zero attached hydrogens (tertiary/aromatic N) is 1. The van der Waals surface area contributed by atoms with E-state index in [1.165, 1.54) is 0 Å². The summed E-state index contributed by atoms with van der Waals surface area (Å²) < 4.78 is 11.1. The van der Waals surface area contributed by atoms with E-state index in [2.05, 4.69) is 5.32 Å². The number of ether oxygens (including phenoxy) is 2. The van der Waals surface area contributed by atoms with Gasteiger partial charge in [0.1, 0.15) is 19.3 Å². The van der Waals surface area contributed by atoms with Crippen LogP contribution in [0.2, 0.25) is 0 Å². The minimum absolute atomic E-state index is 0.469. The van der Waals surface area contributed by atoms with Crippen molar-refractivity contribution in [3.8, 4) is 11.5 Å². The predicted molar refractivity (Wildman–Crippen MR) is 95.8 cm³/mol. The first kappa shape index (κ1) is 17.8. The van der Waals surface area contributed by atoms with Gasteiger partial charge in [0.05, 0.1) is 0 Å². The van der Waals surface area contributed by atoms with Crippen molar-refractivity contribution >= 4 is 11.9 Å². The lowest BCUT2D eigenvalue weighted by atomic mass is 10.0. The first-order valence-corrected chi connectivity index (χ1v) is 8.28. The molecule has 1 heterocycles. The van der Waals surface area contributed by atoms with Gasteiger partial charge in [0.15, 0.2) is 11.5 Å². The van der Waals surface area contributed by atoms with Crippen molar-refractivity contribution < 1.29 is 19.1 Å². The second-order valence-corrected chi connectivity index (χ2v) is 6.06. The van der Waals surface area contributed by atoms with Crippen LogP contribution in [0.3, 0.4) is 0 Å². The lowest BCUT2D eigenvalue weighted by Gasteiger charge is -2.27. The fourth-order valence-corrected chi connectivity index (χ4v) is 3.00. The van der Waals surface area contributed by atoms with E-state index in [0.29, 0.717) is 31.3 Å². The first-order chi connectivity index (χ1) is 12.5. The summed E-state index contributed by atoms with van der Waals surface area (Å²) in [5, 5.41) is 2.17. The Morgan fingerprint density at radius 3 is 2.50 bits per heavy atom. The molecule has 3 amide bonds. The highest BCUT2D eigenvalue weighted by molar-refractivity contribution is 5.96. The molecule has 0 radical (unpaired) electrons. The molecule has 0 spiro atoms. The molecule has 7 nitrogen and oxygen atoms in total. The molecular weight excluding hydrogens is 334 g/mol. The lowest BCUT2D eigenvalue weighted by Crippen LogP contribution is -2.43. The van der Waals surface area contributed by atoms with Crippen LogP contribution in [0.25, 0.3) is 0 Å². The number of rotatable bonds is 5. The summed E-state index contributed by atoms with van der Waals surface area (Å²) in [6.45, 7) is 1.53. The summed E-state index contributed by atoms with van der Waals surface area (Å²) in [6.07, 6.45) is 0. The number of urea groups is 1. The van der Waals surface area contributed by atoms with Crippen LogP contribution >= 0.6 is 0 Å². The first-order valence-electron chi connectivity index (χ1n) is 8.28. The van der Waals surface area contributed by atoms with Gasteiger partial charge in [0.25, 0.3) is 0 Å². The molecule has 26 heavy (non-hydrogen) atoms. The number of primary amides is 1. The third kappa shape index (κ3) is 4.12. The molecule has 2 aromatic carbocycles. The van der Waals surface area contributed by atoms with Gasteiger partial charge in [-0.3, -0.25) is 15.0 Å². The highest BCUT2D eigenvalue weighted by Gasteiger charge is 2.26. The molecule has 0 fully saturated rings. The molecule has 7 heteroatoms. The molecule has 0 saturated carbocycles. The van der Waals surface area contributed by atoms with Crippen LogP contribution in [0.5, 0.6) is 11.5 Å². The number of likely N-dealkylation sites (N-methyl/N-ethyl adjacent to an activating group) is 1. The van der Waals surface area contributed by atoms with Gasteiger partial charge in [-0.25, -0.2) is 4.79 Å². The second kappa shape index (κ2) is 7.88. The van der Waals surface area contributed by atoms with Gasteiger partial charge < -0.3 is 15.2 Å². The summed E-state index contributed by atoms with van der Waals surface area (Å²) in [5.41, 5.74) is 6.85. The van der Waals surface area contributed by atoms with E-state index in [1.807, 2.05) is 60.5 Å². The van der Waals surface area contributed by atoms with Crippen LogP contribution in [0.1, 0.15) is 17.2 Å². The van der Waals surface area contributed by atoms with Gasteiger partial charge in [0, 0.05) is 6.54 Å². The van der Waals surface area contributed by atoms with Crippen molar-refractivity contribution in [1.82, 2.24) is 10.2 Å². The number of hydrogen-bond donors (Lipinski definition) is 2. The maximum atomic E-state index is 12.5. The summed E-state index contributed by atoms with van der Waals surface area (Å²) in [7, 11) is 1.81. The van der Waals surface area contributed by atoms with Gasteiger partial charge >= 0.3 is 6.03 Å². The highest BCUT2D eigenvalue weighted by atomic mass is 16.6. The molecule has 1 atom stereocenters. The summed E-state index contributed by atoms with van der Waals surface area (Å²) in [5.74, 6) is 0.942. The molecule has 2 aromatic rings. The topological polar surface area (TPSA) is 93.9 Å². The fourth-order valence-electron chi connectivity index (χ4n) is 3.00. The quantitative estimate of drug-likeness (QED) is 0.853. The molecule has 0 saturated heterocycles. The molecule has 0 aromatic heterocycles. The van der Waals surface area contributed by atoms with Crippen LogP contribution in [0, 0.1) is 0 Å². The molecule has 3 N–H and O–H groups in total. The van der Waals surface area contributed by atoms with Crippen LogP contribution in [-0.2, 0) is 11.3 Å². The molecule has 0 aliphatic carbocycles. The number of imide groups is 1. The summed E-state index contributed by atoms with van der Waals surface area (Å²) in [4.78, 5) is 25.5. The monoisotopic (exact) mass is 355 g/mol. The zero-order valence-electron chi connectivity index (χ0n) is 14.5. The Morgan fingerprint density at radius 1 is 1.12 bits per heavy atom. The Hall–Kier alpha value is -3.06. The van der Waals surface area contributed by atoms with Crippen LogP contribution in [0.4, 0.5) is 4.79 Å². The molecule has 1 aliphatic heterocycles. The minimum atomic E-state index is -0.872. The third-order valence-corrected chi connectivity index (χ3v) is 4.09. The van der Waals surface area contributed by atoms with Crippen molar-refractivity contribution in [3.05, 3.63) is 59.7 Å². The lowest BCUT2D eigenvalue weighted by molar-refractivity contribution is -0.125. The fraction of sp³-hybridized carbons (Fsp3) is 0.263. The molecular formula is C19H21N3O4. The minimum Gasteiger partial charge on any atom is -0.486 e. The van der Waals surface area contributed by atoms with Gasteiger partial charge in [-0.05, 0) is 30.3 Å². The van der Waals surface area contributed by atoms with Gasteiger partial charge in [0.2, 0.25) is 5.91 Å². The number of nitrogens with two attached hydrogens (primary N) is 1. The molecule has 1 unspecified atom stereocenters. The third-order valence-electron chi connectivity index (χ3n) is 4.09. The predicted octanol–water partition coefficient (Wildman–Crippen LogP) is 1.83. The number of nitrogens with one attached hydrogen (secondary N) is 1. The van der Waals surface area contributed by atoms with Crippen molar-refractivity contribution in [2.45, 2.75) is 12.6 Å². The SMILES string of the molecule is CN(Cc1ccc2c(c1)OCCO2)C(C(=O)NC(N)=O)c1ccccc1. The summed E-state index contributed by atoms with van der Waals surface area (Å²) in [6, 6.07) is 13.4. The van der Waals surface area contributed by atoms with Gasteiger partial charge in [-0.2, -0.15) is 0 Å². The number of carbonyl (C=O) groups excluding carboxylic acids is 2. The Bertz CT molecular complexity index is 795. The maximum Gasteiger partial charge on any atom is 0.318 e. The zero-order chi connectivity index (χ0) is 18.5. The number of fused-ring (bicyclic) bond motifs is 1. The van der Waals surface area contributed by atoms with E-state index in [1.54, 1.807) is 0 Å². The van der Waals surface area contributed by atoms with Crippen LogP contribution in [0.15, 0.2) is 48.5 Å². The second-order valence-electron chi connectivity index (χ2n) is 6.06. The van der Waals surface area contributed by atoms with E-state index >= 15 is 0 Å². The molecule has 0 bridgehead atoms. The zero-order valence-corrected chi connectivity index (χ0v) is 14.5. The van der Waals surface area contributed by atoms with Gasteiger partial charge in [-0.1, -0.05) is 36.4 Å². The average Bonchev–Trinajstić information content (AvgIpc) is 2.62. The molecule has 136 valence electrons. The van der Waals surface area contributed by atoms with Crippen molar-refractivity contribution in [1.29, 1.82) is 0 Å². The number of carbonyl (C=O) groups is 2. The van der Waals surface area contributed by atoms with E-state index < -0.39 is 18.0 Å². The Morgan fingerprint density at radius 2 is 1.81 bits per heavy atom. The highest BCUT2D eigenvalue weighted by Crippen LogP contribution is 2.32. The molecule has 3 rings (SSSR count). The van der Waals surface area contributed by atoms with Gasteiger partial charge in [-0.15, -0.1) is 0 Å². The normalized spacial score (nSPS) is 13.9. The maximum absolute atomic E-state index is 12.5. The number of amides is 3. The Balaban J connectivity index is 1.82. The van der Waals surface area contributed by atoms with Crippen molar-refractivity contribution in [3.63, 3.8) is 0 Å². The Kier molecular flexibility index (Phi) is 5.38. The average molecular weight is 355 g/mol. The standard InChI is InChI=1S/C19H21N3O4/c1-22(12-13-7-8-15-16(11-13)26-10-9-25-15)17(18(23)21-19(20)24)14-5-3-2-4-6-14/h2-8,11,17H,9-10,12H2,1H3,(H3,20,21,23,24). The number of benzene rings is 2.